The molecule has 0 spiro atoms. The lowest BCUT2D eigenvalue weighted by atomic mass is 9.83. The lowest BCUT2D eigenvalue weighted by molar-refractivity contribution is -0.120. The summed E-state index contributed by atoms with van der Waals surface area (Å²) in [5.41, 5.74) is 1.35. The van der Waals surface area contributed by atoms with E-state index in [2.05, 4.69) is 10.3 Å². The fourth-order valence-electron chi connectivity index (χ4n) is 2.86. The Morgan fingerprint density at radius 3 is 2.65 bits per heavy atom. The van der Waals surface area contributed by atoms with Crippen LogP contribution in [0.4, 0.5) is 10.1 Å². The predicted molar refractivity (Wildman–Crippen MR) is 97.7 cm³/mol. The number of hydrogen-bond acceptors (Lipinski definition) is 3. The first-order chi connectivity index (χ1) is 12.3. The highest BCUT2D eigenvalue weighted by Crippen LogP contribution is 2.32. The minimum atomic E-state index is -0.923. The molecule has 0 unspecified atom stereocenters. The van der Waals surface area contributed by atoms with Crippen molar-refractivity contribution in [2.45, 2.75) is 19.3 Å². The number of aromatic amines is 1. The largest absolute Gasteiger partial charge is 0.465 e. The van der Waals surface area contributed by atoms with E-state index in [9.17, 15) is 14.0 Å². The van der Waals surface area contributed by atoms with Gasteiger partial charge in [-0.2, -0.15) is 0 Å². The van der Waals surface area contributed by atoms with E-state index < -0.39 is 11.4 Å². The van der Waals surface area contributed by atoms with Gasteiger partial charge >= 0.3 is 5.97 Å². The molecule has 0 aliphatic carbocycles. The number of benzene rings is 2. The Balaban J connectivity index is 1.91. The molecule has 0 bridgehead atoms. The van der Waals surface area contributed by atoms with Crippen molar-refractivity contribution in [1.82, 2.24) is 4.98 Å². The van der Waals surface area contributed by atoms with E-state index >= 15 is 0 Å². The summed E-state index contributed by atoms with van der Waals surface area (Å²) in [6.07, 6.45) is 1.72. The number of ether oxygens (including phenoxy) is 1. The molecule has 1 aromatic heterocycles. The van der Waals surface area contributed by atoms with Crippen LogP contribution < -0.4 is 5.32 Å². The number of esters is 1. The van der Waals surface area contributed by atoms with Gasteiger partial charge in [0.05, 0.1) is 18.1 Å². The lowest BCUT2D eigenvalue weighted by Gasteiger charge is -2.23. The van der Waals surface area contributed by atoms with E-state index in [-0.39, 0.29) is 11.7 Å². The zero-order valence-corrected chi connectivity index (χ0v) is 14.7. The first kappa shape index (κ1) is 17.7. The highest BCUT2D eigenvalue weighted by atomic mass is 19.1. The molecule has 26 heavy (non-hydrogen) atoms. The molecule has 5 nitrogen and oxygen atoms in total. The van der Waals surface area contributed by atoms with Crippen molar-refractivity contribution in [2.24, 2.45) is 0 Å². The fraction of sp³-hybridized carbons (Fsp3) is 0.200. The second-order valence-electron chi connectivity index (χ2n) is 6.54. The van der Waals surface area contributed by atoms with Crippen LogP contribution in [0.5, 0.6) is 0 Å². The van der Waals surface area contributed by atoms with Gasteiger partial charge in [-0.15, -0.1) is 0 Å². The minimum absolute atomic E-state index is 0.273. The molecule has 0 fully saturated rings. The zero-order chi connectivity index (χ0) is 18.9. The van der Waals surface area contributed by atoms with Gasteiger partial charge in [0.2, 0.25) is 5.91 Å². The molecule has 1 amide bonds. The Bertz CT molecular complexity index is 992. The van der Waals surface area contributed by atoms with Crippen LogP contribution in [-0.2, 0) is 14.9 Å². The van der Waals surface area contributed by atoms with Gasteiger partial charge in [-0.1, -0.05) is 6.07 Å². The molecular formula is C20H19FN2O3. The van der Waals surface area contributed by atoms with E-state index in [1.54, 1.807) is 50.4 Å². The third-order valence-corrected chi connectivity index (χ3v) is 4.43. The van der Waals surface area contributed by atoms with Gasteiger partial charge in [0.15, 0.2) is 0 Å². The van der Waals surface area contributed by atoms with Crippen LogP contribution in [0.3, 0.4) is 0 Å². The summed E-state index contributed by atoms with van der Waals surface area (Å²) in [5, 5.41) is 3.48. The molecule has 2 N–H and O–H groups in total. The fourth-order valence-corrected chi connectivity index (χ4v) is 2.86. The van der Waals surface area contributed by atoms with Crippen LogP contribution in [0, 0.1) is 5.82 Å². The number of fused-ring (bicyclic) bond motifs is 1. The van der Waals surface area contributed by atoms with Crippen molar-refractivity contribution in [3.63, 3.8) is 0 Å². The van der Waals surface area contributed by atoms with Crippen LogP contribution in [-0.4, -0.2) is 24.0 Å². The predicted octanol–water partition coefficient (Wildman–Crippen LogP) is 4.01. The number of rotatable bonds is 4. The van der Waals surface area contributed by atoms with E-state index in [0.29, 0.717) is 22.2 Å². The maximum atomic E-state index is 13.6. The second-order valence-corrected chi connectivity index (χ2v) is 6.54. The average Bonchev–Trinajstić information content (AvgIpc) is 3.04. The number of methoxy groups -OCH3 is 1. The van der Waals surface area contributed by atoms with Gasteiger partial charge in [-0.3, -0.25) is 4.79 Å². The summed E-state index contributed by atoms with van der Waals surface area (Å²) in [5.74, 6) is -1.11. The number of nitrogens with one attached hydrogen (secondary N) is 2. The van der Waals surface area contributed by atoms with Crippen molar-refractivity contribution < 1.29 is 18.7 Å². The topological polar surface area (TPSA) is 71.2 Å². The summed E-state index contributed by atoms with van der Waals surface area (Å²) in [6.45, 7) is 3.53. The number of anilines is 1. The number of aromatic nitrogens is 1. The van der Waals surface area contributed by atoms with Crippen LogP contribution in [0.25, 0.3) is 10.9 Å². The van der Waals surface area contributed by atoms with Crippen molar-refractivity contribution >= 4 is 28.5 Å². The standard InChI is InChI=1S/C20H19FN2O3/c1-20(2,16-11-22-17-8-7-13(21)10-15(16)17)19(25)23-14-6-4-5-12(9-14)18(24)26-3/h4-11,22H,1-3H3,(H,23,25). The summed E-state index contributed by atoms with van der Waals surface area (Å²) >= 11 is 0. The highest BCUT2D eigenvalue weighted by Gasteiger charge is 2.32. The Morgan fingerprint density at radius 2 is 1.92 bits per heavy atom. The average molecular weight is 354 g/mol. The summed E-state index contributed by atoms with van der Waals surface area (Å²) in [4.78, 5) is 27.6. The molecule has 2 aromatic carbocycles. The normalized spacial score (nSPS) is 11.4. The Hall–Kier alpha value is -3.15. The van der Waals surface area contributed by atoms with E-state index in [1.807, 2.05) is 0 Å². The van der Waals surface area contributed by atoms with Crippen molar-refractivity contribution in [1.29, 1.82) is 0 Å². The number of H-pyrrole nitrogens is 1. The molecule has 0 saturated carbocycles. The van der Waals surface area contributed by atoms with Crippen LogP contribution in [0.15, 0.2) is 48.7 Å². The number of hydrogen-bond donors (Lipinski definition) is 2. The molecule has 6 heteroatoms. The van der Waals surface area contributed by atoms with Gasteiger partial charge in [0.1, 0.15) is 5.82 Å². The number of carbonyl (C=O) groups is 2. The third-order valence-electron chi connectivity index (χ3n) is 4.43. The molecule has 0 atom stereocenters. The molecule has 0 aliphatic heterocycles. The minimum Gasteiger partial charge on any atom is -0.465 e. The molecule has 1 heterocycles. The highest BCUT2D eigenvalue weighted by molar-refractivity contribution is 6.02. The zero-order valence-electron chi connectivity index (χ0n) is 14.7. The molecule has 3 aromatic rings. The van der Waals surface area contributed by atoms with Crippen molar-refractivity contribution in [2.75, 3.05) is 12.4 Å². The summed E-state index contributed by atoms with van der Waals surface area (Å²) < 4.78 is 18.3. The van der Waals surface area contributed by atoms with Crippen molar-refractivity contribution in [3.05, 3.63) is 65.6 Å². The van der Waals surface area contributed by atoms with Crippen LogP contribution in [0.1, 0.15) is 29.8 Å². The van der Waals surface area contributed by atoms with E-state index in [4.69, 9.17) is 4.74 Å². The van der Waals surface area contributed by atoms with E-state index in [1.165, 1.54) is 19.2 Å². The first-order valence-electron chi connectivity index (χ1n) is 8.10. The maximum absolute atomic E-state index is 13.6. The van der Waals surface area contributed by atoms with Crippen LogP contribution >= 0.6 is 0 Å². The van der Waals surface area contributed by atoms with Gasteiger partial charge in [-0.25, -0.2) is 9.18 Å². The molecular weight excluding hydrogens is 335 g/mol. The Morgan fingerprint density at radius 1 is 1.15 bits per heavy atom. The smallest absolute Gasteiger partial charge is 0.337 e. The Labute approximate surface area is 150 Å². The van der Waals surface area contributed by atoms with Gasteiger partial charge in [0, 0.05) is 22.8 Å². The van der Waals surface area contributed by atoms with Crippen LogP contribution in [0.2, 0.25) is 0 Å². The number of halogens is 1. The number of carbonyl (C=O) groups excluding carboxylic acids is 2. The third kappa shape index (κ3) is 3.18. The maximum Gasteiger partial charge on any atom is 0.337 e. The summed E-state index contributed by atoms with van der Waals surface area (Å²) in [7, 11) is 1.30. The van der Waals surface area contributed by atoms with E-state index in [0.717, 1.165) is 5.52 Å². The second kappa shape index (κ2) is 6.63. The monoisotopic (exact) mass is 354 g/mol. The van der Waals surface area contributed by atoms with Gasteiger partial charge in [0.25, 0.3) is 0 Å². The van der Waals surface area contributed by atoms with Crippen molar-refractivity contribution in [3.8, 4) is 0 Å². The summed E-state index contributed by atoms with van der Waals surface area (Å²) in [6, 6.07) is 10.9. The molecule has 0 radical (unpaired) electrons. The molecule has 0 saturated heterocycles. The molecule has 0 aliphatic rings. The molecule has 134 valence electrons. The first-order valence-corrected chi connectivity index (χ1v) is 8.10. The Kier molecular flexibility index (Phi) is 4.50. The quantitative estimate of drug-likeness (QED) is 0.696. The van der Waals surface area contributed by atoms with Gasteiger partial charge in [-0.05, 0) is 55.8 Å². The van der Waals surface area contributed by atoms with Gasteiger partial charge < -0.3 is 15.0 Å². The lowest BCUT2D eigenvalue weighted by Crippen LogP contribution is -2.34. The molecule has 3 rings (SSSR count). The number of amides is 1. The SMILES string of the molecule is COC(=O)c1cccc(NC(=O)C(C)(C)c2c[nH]c3ccc(F)cc23)c1.